The van der Waals surface area contributed by atoms with Crippen LogP contribution in [-0.4, -0.2) is 21.5 Å². The number of benzene rings is 1. The third-order valence-electron chi connectivity index (χ3n) is 3.25. The number of hydrogen-bond acceptors (Lipinski definition) is 3. The molecule has 0 unspecified atom stereocenters. The molecule has 2 rings (SSSR count). The molecule has 0 saturated heterocycles. The van der Waals surface area contributed by atoms with Crippen LogP contribution in [0.15, 0.2) is 18.3 Å². The van der Waals surface area contributed by atoms with Crippen molar-refractivity contribution in [1.29, 1.82) is 0 Å². The molecule has 96 valence electrons. The van der Waals surface area contributed by atoms with Crippen LogP contribution in [0.1, 0.15) is 23.1 Å². The van der Waals surface area contributed by atoms with Gasteiger partial charge in [0.2, 0.25) is 0 Å². The maximum atomic E-state index is 5.49. The lowest BCUT2D eigenvalue weighted by molar-refractivity contribution is 0.564. The first-order chi connectivity index (χ1) is 8.61. The quantitative estimate of drug-likeness (QED) is 0.897. The highest BCUT2D eigenvalue weighted by Gasteiger charge is 2.08. The highest BCUT2D eigenvalue weighted by Crippen LogP contribution is 2.24. The monoisotopic (exact) mass is 244 g/mol. The molecule has 0 spiro atoms. The van der Waals surface area contributed by atoms with Gasteiger partial charge in [0, 0.05) is 12.1 Å². The summed E-state index contributed by atoms with van der Waals surface area (Å²) in [6.45, 7) is 7.87. The number of nitrogens with two attached hydrogens (primary N) is 1. The molecule has 2 aromatic rings. The summed E-state index contributed by atoms with van der Waals surface area (Å²) < 4.78 is 1.86. The van der Waals surface area contributed by atoms with Crippen molar-refractivity contribution >= 4 is 0 Å². The van der Waals surface area contributed by atoms with E-state index in [1.807, 2.05) is 10.9 Å². The van der Waals surface area contributed by atoms with Crippen molar-refractivity contribution in [2.24, 2.45) is 5.73 Å². The van der Waals surface area contributed by atoms with E-state index in [-0.39, 0.29) is 0 Å². The van der Waals surface area contributed by atoms with Gasteiger partial charge in [-0.25, -0.2) is 0 Å². The summed E-state index contributed by atoms with van der Waals surface area (Å²) in [4.78, 5) is 0. The Hall–Kier alpha value is -1.68. The van der Waals surface area contributed by atoms with Crippen LogP contribution in [0.3, 0.4) is 0 Å². The first-order valence-corrected chi connectivity index (χ1v) is 6.30. The summed E-state index contributed by atoms with van der Waals surface area (Å²) in [5.41, 5.74) is 11.4. The van der Waals surface area contributed by atoms with Crippen molar-refractivity contribution in [1.82, 2.24) is 15.0 Å². The summed E-state index contributed by atoms with van der Waals surface area (Å²) in [6.07, 6.45) is 2.92. The summed E-state index contributed by atoms with van der Waals surface area (Å²) in [6, 6.07) is 4.38. The van der Waals surface area contributed by atoms with E-state index in [4.69, 9.17) is 5.73 Å². The Bertz CT molecular complexity index is 543. The van der Waals surface area contributed by atoms with E-state index >= 15 is 0 Å². The van der Waals surface area contributed by atoms with Gasteiger partial charge in [-0.2, -0.15) is 0 Å². The zero-order chi connectivity index (χ0) is 13.1. The predicted octanol–water partition coefficient (Wildman–Crippen LogP) is 2.22. The minimum atomic E-state index is 0.678. The number of aromatic nitrogens is 3. The van der Waals surface area contributed by atoms with Gasteiger partial charge in [0.05, 0.1) is 6.20 Å². The van der Waals surface area contributed by atoms with Crippen LogP contribution in [0.2, 0.25) is 0 Å². The summed E-state index contributed by atoms with van der Waals surface area (Å²) in [7, 11) is 0. The van der Waals surface area contributed by atoms with E-state index < -0.39 is 0 Å². The lowest BCUT2D eigenvalue weighted by Gasteiger charge is -2.06. The van der Waals surface area contributed by atoms with Crippen LogP contribution in [0.5, 0.6) is 0 Å². The lowest BCUT2D eigenvalue weighted by Crippen LogP contribution is -2.06. The van der Waals surface area contributed by atoms with E-state index in [1.165, 1.54) is 16.7 Å². The fourth-order valence-corrected chi connectivity index (χ4v) is 2.02. The Morgan fingerprint density at radius 2 is 1.83 bits per heavy atom. The third kappa shape index (κ3) is 2.59. The predicted molar refractivity (Wildman–Crippen MR) is 73.3 cm³/mol. The molecule has 1 aromatic heterocycles. The Balaban J connectivity index is 2.31. The van der Waals surface area contributed by atoms with Crippen molar-refractivity contribution in [3.05, 3.63) is 35.0 Å². The van der Waals surface area contributed by atoms with Crippen molar-refractivity contribution in [3.63, 3.8) is 0 Å². The molecular formula is C14H20N4. The average Bonchev–Trinajstić information content (AvgIpc) is 2.79. The number of nitrogens with zero attached hydrogens (tertiary/aromatic N) is 3. The zero-order valence-corrected chi connectivity index (χ0v) is 11.3. The lowest BCUT2D eigenvalue weighted by atomic mass is 9.99. The van der Waals surface area contributed by atoms with Gasteiger partial charge in [-0.3, -0.25) is 4.68 Å². The second-order valence-corrected chi connectivity index (χ2v) is 4.76. The van der Waals surface area contributed by atoms with E-state index in [0.29, 0.717) is 6.54 Å². The first-order valence-electron chi connectivity index (χ1n) is 6.30. The first kappa shape index (κ1) is 12.8. The normalized spacial score (nSPS) is 10.9. The fourth-order valence-electron chi connectivity index (χ4n) is 2.02. The molecule has 4 heteroatoms. The highest BCUT2D eigenvalue weighted by molar-refractivity contribution is 5.64. The molecule has 0 saturated carbocycles. The second kappa shape index (κ2) is 5.31. The molecular weight excluding hydrogens is 224 g/mol. The van der Waals surface area contributed by atoms with E-state index in [1.54, 1.807) is 0 Å². The molecule has 1 aromatic carbocycles. The van der Waals surface area contributed by atoms with Gasteiger partial charge < -0.3 is 5.73 Å². The Labute approximate surface area is 108 Å². The van der Waals surface area contributed by atoms with Crippen molar-refractivity contribution in [2.45, 2.75) is 33.7 Å². The van der Waals surface area contributed by atoms with Crippen molar-refractivity contribution in [2.75, 3.05) is 6.54 Å². The smallest absolute Gasteiger partial charge is 0.113 e. The molecule has 0 bridgehead atoms. The molecule has 2 N–H and O–H groups in total. The minimum absolute atomic E-state index is 0.678. The molecule has 0 aliphatic heterocycles. The number of rotatable bonds is 4. The van der Waals surface area contributed by atoms with Gasteiger partial charge in [-0.05, 0) is 56.5 Å². The van der Waals surface area contributed by atoms with Crippen LogP contribution in [0, 0.1) is 20.8 Å². The van der Waals surface area contributed by atoms with Crippen molar-refractivity contribution in [3.8, 4) is 11.3 Å². The fraction of sp³-hybridized carbons (Fsp3) is 0.429. The second-order valence-electron chi connectivity index (χ2n) is 4.76. The van der Waals surface area contributed by atoms with E-state index in [0.717, 1.165) is 24.2 Å². The van der Waals surface area contributed by atoms with Crippen LogP contribution in [0.25, 0.3) is 11.3 Å². The Kier molecular flexibility index (Phi) is 3.77. The van der Waals surface area contributed by atoms with Crippen molar-refractivity contribution < 1.29 is 0 Å². The molecule has 0 fully saturated rings. The molecule has 0 aliphatic rings. The van der Waals surface area contributed by atoms with Gasteiger partial charge in [-0.1, -0.05) is 11.3 Å². The summed E-state index contributed by atoms with van der Waals surface area (Å²) >= 11 is 0. The molecule has 4 nitrogen and oxygen atoms in total. The van der Waals surface area contributed by atoms with E-state index in [2.05, 4.69) is 43.2 Å². The maximum Gasteiger partial charge on any atom is 0.113 e. The van der Waals surface area contributed by atoms with Crippen LogP contribution in [0.4, 0.5) is 0 Å². The topological polar surface area (TPSA) is 56.7 Å². The number of aryl methyl sites for hydroxylation is 4. The number of hydrogen-bond donors (Lipinski definition) is 1. The summed E-state index contributed by atoms with van der Waals surface area (Å²) in [5, 5.41) is 8.38. The van der Waals surface area contributed by atoms with Crippen LogP contribution < -0.4 is 5.73 Å². The molecule has 0 radical (unpaired) electrons. The van der Waals surface area contributed by atoms with E-state index in [9.17, 15) is 0 Å². The van der Waals surface area contributed by atoms with Crippen LogP contribution in [-0.2, 0) is 6.54 Å². The molecule has 0 atom stereocenters. The zero-order valence-electron chi connectivity index (χ0n) is 11.3. The van der Waals surface area contributed by atoms with Gasteiger partial charge in [-0.15, -0.1) is 5.10 Å². The molecule has 1 heterocycles. The van der Waals surface area contributed by atoms with Crippen LogP contribution >= 0.6 is 0 Å². The average molecular weight is 244 g/mol. The van der Waals surface area contributed by atoms with Gasteiger partial charge in [0.1, 0.15) is 5.69 Å². The Morgan fingerprint density at radius 3 is 2.56 bits per heavy atom. The maximum absolute atomic E-state index is 5.49. The van der Waals surface area contributed by atoms with Gasteiger partial charge in [0.15, 0.2) is 0 Å². The third-order valence-corrected chi connectivity index (χ3v) is 3.25. The largest absolute Gasteiger partial charge is 0.330 e. The minimum Gasteiger partial charge on any atom is -0.330 e. The van der Waals surface area contributed by atoms with Gasteiger partial charge >= 0.3 is 0 Å². The molecule has 18 heavy (non-hydrogen) atoms. The summed E-state index contributed by atoms with van der Waals surface area (Å²) in [5.74, 6) is 0. The molecule has 0 aliphatic carbocycles. The SMILES string of the molecule is Cc1cc(C)c(-c2cn(CCCN)nn2)cc1C. The van der Waals surface area contributed by atoms with Gasteiger partial charge in [0.25, 0.3) is 0 Å². The standard InChI is InChI=1S/C14H20N4/c1-10-7-12(3)13(8-11(10)2)14-9-18(17-16-14)6-4-5-15/h7-9H,4-6,15H2,1-3H3. The molecule has 0 amide bonds. The Morgan fingerprint density at radius 1 is 1.11 bits per heavy atom. The highest BCUT2D eigenvalue weighted by atomic mass is 15.4.